The van der Waals surface area contributed by atoms with E-state index in [-0.39, 0.29) is 24.8 Å². The normalized spacial score (nSPS) is 12.3. The Balaban J connectivity index is 0.000000970. The van der Waals surface area contributed by atoms with Crippen LogP contribution >= 0.6 is 11.6 Å². The molecule has 1 unspecified atom stereocenters. The van der Waals surface area contributed by atoms with Gasteiger partial charge >= 0.3 is 0 Å². The Bertz CT molecular complexity index is 748. The minimum absolute atomic E-state index is 0.148. The van der Waals surface area contributed by atoms with Crippen LogP contribution in [0.5, 0.6) is 0 Å². The van der Waals surface area contributed by atoms with Gasteiger partial charge in [0.15, 0.2) is 0 Å². The van der Waals surface area contributed by atoms with Gasteiger partial charge in [0, 0.05) is 11.6 Å². The molecule has 0 spiro atoms. The van der Waals surface area contributed by atoms with Crippen molar-refractivity contribution < 1.29 is 22.7 Å². The highest BCUT2D eigenvalue weighted by Gasteiger charge is 2.21. The molecule has 0 amide bonds. The first kappa shape index (κ1) is 21.2. The summed E-state index contributed by atoms with van der Waals surface area (Å²) in [5, 5.41) is 7.34. The maximum absolute atomic E-state index is 12.2. The van der Waals surface area contributed by atoms with E-state index in [9.17, 15) is 8.42 Å². The molecular formula is C16H21ClN2O5S. The molecule has 7 nitrogen and oxygen atoms in total. The van der Waals surface area contributed by atoms with E-state index in [1.807, 2.05) is 25.1 Å². The Kier molecular flexibility index (Phi) is 8.64. The van der Waals surface area contributed by atoms with E-state index >= 15 is 0 Å². The lowest BCUT2D eigenvalue weighted by Gasteiger charge is -2.22. The summed E-state index contributed by atoms with van der Waals surface area (Å²) >= 11 is 6.01. The molecule has 0 aliphatic rings. The van der Waals surface area contributed by atoms with Crippen molar-refractivity contribution in [2.75, 3.05) is 20.6 Å². The highest BCUT2D eigenvalue weighted by Crippen LogP contribution is 2.20. The molecule has 25 heavy (non-hydrogen) atoms. The number of hydrogen-bond donors (Lipinski definition) is 2. The number of halogens is 1. The van der Waals surface area contributed by atoms with E-state index in [1.54, 1.807) is 36.6 Å². The van der Waals surface area contributed by atoms with Crippen LogP contribution in [0.2, 0.25) is 5.02 Å². The SMILES string of the molecule is CN(C)C(CNS(=O)(=O)Cc1ccccc1Cl)c1ccco1.O=CO. The first-order chi connectivity index (χ1) is 11.8. The Morgan fingerprint density at radius 2 is 1.92 bits per heavy atom. The topological polar surface area (TPSA) is 99.9 Å². The summed E-state index contributed by atoms with van der Waals surface area (Å²) < 4.78 is 32.4. The Morgan fingerprint density at radius 1 is 1.28 bits per heavy atom. The molecule has 2 rings (SSSR count). The van der Waals surface area contributed by atoms with Gasteiger partial charge in [0.1, 0.15) is 5.76 Å². The van der Waals surface area contributed by atoms with Gasteiger partial charge in [0.05, 0.1) is 18.1 Å². The van der Waals surface area contributed by atoms with Crippen molar-refractivity contribution >= 4 is 28.1 Å². The number of hydrogen-bond acceptors (Lipinski definition) is 5. The Hall–Kier alpha value is -1.87. The van der Waals surface area contributed by atoms with Gasteiger partial charge in [-0.15, -0.1) is 0 Å². The lowest BCUT2D eigenvalue weighted by molar-refractivity contribution is -0.122. The van der Waals surface area contributed by atoms with Crippen molar-refractivity contribution in [2.45, 2.75) is 11.8 Å². The molecule has 2 N–H and O–H groups in total. The van der Waals surface area contributed by atoms with Gasteiger partial charge in [-0.05, 0) is 37.9 Å². The van der Waals surface area contributed by atoms with E-state index in [1.165, 1.54) is 0 Å². The molecule has 0 fully saturated rings. The van der Waals surface area contributed by atoms with Crippen LogP contribution in [-0.4, -0.2) is 45.5 Å². The maximum atomic E-state index is 12.2. The monoisotopic (exact) mass is 388 g/mol. The van der Waals surface area contributed by atoms with Crippen molar-refractivity contribution in [3.05, 3.63) is 59.0 Å². The van der Waals surface area contributed by atoms with Crippen molar-refractivity contribution in [1.82, 2.24) is 9.62 Å². The Labute approximate surface area is 152 Å². The first-order valence-electron chi connectivity index (χ1n) is 7.29. The number of likely N-dealkylation sites (N-methyl/N-ethyl adjacent to an activating group) is 1. The van der Waals surface area contributed by atoms with Gasteiger partial charge in [-0.2, -0.15) is 0 Å². The van der Waals surface area contributed by atoms with Crippen molar-refractivity contribution in [2.24, 2.45) is 0 Å². The molecular weight excluding hydrogens is 368 g/mol. The summed E-state index contributed by atoms with van der Waals surface area (Å²) in [7, 11) is 0.262. The van der Waals surface area contributed by atoms with Crippen molar-refractivity contribution in [1.29, 1.82) is 0 Å². The van der Waals surface area contributed by atoms with Gasteiger partial charge in [-0.3, -0.25) is 9.69 Å². The third kappa shape index (κ3) is 7.27. The second-order valence-corrected chi connectivity index (χ2v) is 7.51. The van der Waals surface area contributed by atoms with Crippen LogP contribution in [-0.2, 0) is 20.6 Å². The van der Waals surface area contributed by atoms with Gasteiger partial charge in [0.2, 0.25) is 10.0 Å². The van der Waals surface area contributed by atoms with Crippen molar-refractivity contribution in [3.63, 3.8) is 0 Å². The summed E-state index contributed by atoms with van der Waals surface area (Å²) in [5.41, 5.74) is 0.580. The molecule has 1 atom stereocenters. The van der Waals surface area contributed by atoms with Crippen LogP contribution in [0.3, 0.4) is 0 Å². The lowest BCUT2D eigenvalue weighted by atomic mass is 10.2. The fourth-order valence-electron chi connectivity index (χ4n) is 2.10. The van der Waals surface area contributed by atoms with Crippen LogP contribution in [0.25, 0.3) is 0 Å². The lowest BCUT2D eigenvalue weighted by Crippen LogP contribution is -2.35. The number of furan rings is 1. The third-order valence-electron chi connectivity index (χ3n) is 3.29. The van der Waals surface area contributed by atoms with Gasteiger partial charge in [0.25, 0.3) is 6.47 Å². The predicted molar refractivity (Wildman–Crippen MR) is 95.9 cm³/mol. The summed E-state index contributed by atoms with van der Waals surface area (Å²) in [6.45, 7) is -0.0205. The first-order valence-corrected chi connectivity index (χ1v) is 9.32. The highest BCUT2D eigenvalue weighted by atomic mass is 35.5. The quantitative estimate of drug-likeness (QED) is 0.706. The number of nitrogens with one attached hydrogen (secondary N) is 1. The summed E-state index contributed by atoms with van der Waals surface area (Å²) in [4.78, 5) is 10.3. The molecule has 0 aliphatic carbocycles. The van der Waals surface area contributed by atoms with E-state index in [4.69, 9.17) is 25.9 Å². The molecule has 0 saturated heterocycles. The van der Waals surface area contributed by atoms with E-state index in [2.05, 4.69) is 4.72 Å². The largest absolute Gasteiger partial charge is 0.483 e. The molecule has 0 saturated carbocycles. The van der Waals surface area contributed by atoms with Gasteiger partial charge in [-0.1, -0.05) is 29.8 Å². The van der Waals surface area contributed by atoms with Crippen LogP contribution in [0.15, 0.2) is 47.1 Å². The molecule has 0 radical (unpaired) electrons. The molecule has 2 aromatic rings. The summed E-state index contributed by atoms with van der Waals surface area (Å²) in [6, 6.07) is 10.4. The molecule has 0 aliphatic heterocycles. The zero-order chi connectivity index (χ0) is 18.9. The number of carbonyl (C=O) groups is 1. The zero-order valence-electron chi connectivity index (χ0n) is 13.9. The molecule has 1 aromatic carbocycles. The van der Waals surface area contributed by atoms with Crippen LogP contribution < -0.4 is 4.72 Å². The minimum Gasteiger partial charge on any atom is -0.483 e. The number of sulfonamides is 1. The van der Waals surface area contributed by atoms with E-state index < -0.39 is 10.0 Å². The second-order valence-electron chi connectivity index (χ2n) is 5.30. The predicted octanol–water partition coefficient (Wildman–Crippen LogP) is 2.36. The van der Waals surface area contributed by atoms with Crippen LogP contribution in [0.1, 0.15) is 17.4 Å². The van der Waals surface area contributed by atoms with E-state index in [0.717, 1.165) is 0 Å². The van der Waals surface area contributed by atoms with Crippen molar-refractivity contribution in [3.8, 4) is 0 Å². The third-order valence-corrected chi connectivity index (χ3v) is 4.96. The fourth-order valence-corrected chi connectivity index (χ4v) is 3.55. The smallest absolute Gasteiger partial charge is 0.290 e. The summed E-state index contributed by atoms with van der Waals surface area (Å²) in [6.07, 6.45) is 1.57. The minimum atomic E-state index is -3.48. The van der Waals surface area contributed by atoms with Gasteiger partial charge < -0.3 is 9.52 Å². The highest BCUT2D eigenvalue weighted by molar-refractivity contribution is 7.88. The average Bonchev–Trinajstić information content (AvgIpc) is 3.04. The number of rotatable bonds is 7. The second kappa shape index (κ2) is 10.2. The van der Waals surface area contributed by atoms with Gasteiger partial charge in [-0.25, -0.2) is 13.1 Å². The van der Waals surface area contributed by atoms with E-state index in [0.29, 0.717) is 16.3 Å². The molecule has 9 heteroatoms. The zero-order valence-corrected chi connectivity index (χ0v) is 15.5. The maximum Gasteiger partial charge on any atom is 0.290 e. The average molecular weight is 389 g/mol. The molecule has 138 valence electrons. The number of benzene rings is 1. The number of carboxylic acid groups (broad SMARTS) is 1. The molecule has 0 bridgehead atoms. The summed E-state index contributed by atoms with van der Waals surface area (Å²) in [5.74, 6) is 0.566. The fraction of sp³-hybridized carbons (Fsp3) is 0.312. The molecule has 1 heterocycles. The standard InChI is InChI=1S/C15H19ClN2O3S.CH2O2/c1-18(2)14(15-8-5-9-21-15)10-17-22(19,20)11-12-6-3-4-7-13(12)16;2-1-3/h3-9,14,17H,10-11H2,1-2H3;1H,(H,2,3). The molecule has 1 aromatic heterocycles. The van der Waals surface area contributed by atoms with Crippen LogP contribution in [0, 0.1) is 0 Å². The number of nitrogens with zero attached hydrogens (tertiary/aromatic N) is 1. The Morgan fingerprint density at radius 3 is 2.44 bits per heavy atom. The van der Waals surface area contributed by atoms with Crippen LogP contribution in [0.4, 0.5) is 0 Å².